The first-order chi connectivity index (χ1) is 6.65. The van der Waals surface area contributed by atoms with E-state index in [1.165, 1.54) is 0 Å². The maximum absolute atomic E-state index is 11.4. The molecular formula is C11H20N2O. The Hall–Kier alpha value is -0.830. The summed E-state index contributed by atoms with van der Waals surface area (Å²) in [6.07, 6.45) is 2.28. The third-order valence-corrected chi connectivity index (χ3v) is 2.85. The van der Waals surface area contributed by atoms with Crippen molar-refractivity contribution in [2.45, 2.75) is 32.7 Å². The fraction of sp³-hybridized carbons (Fsp3) is 0.727. The molecule has 1 fully saturated rings. The van der Waals surface area contributed by atoms with E-state index in [2.05, 4.69) is 24.1 Å². The molecule has 1 heterocycles. The smallest absolute Gasteiger partial charge is 0.246 e. The molecule has 0 aliphatic carbocycles. The highest BCUT2D eigenvalue weighted by atomic mass is 16.1. The number of carbonyl (C=O) groups excluding carboxylic acids is 1. The lowest BCUT2D eigenvalue weighted by molar-refractivity contribution is -0.118. The lowest BCUT2D eigenvalue weighted by atomic mass is 9.90. The molecule has 3 nitrogen and oxygen atoms in total. The van der Waals surface area contributed by atoms with E-state index in [1.807, 2.05) is 0 Å². The number of piperidine rings is 1. The Morgan fingerprint density at radius 1 is 1.64 bits per heavy atom. The first kappa shape index (κ1) is 11.2. The number of amides is 1. The molecule has 0 aromatic carbocycles. The van der Waals surface area contributed by atoms with E-state index in [9.17, 15) is 4.79 Å². The molecule has 0 radical (unpaired) electrons. The van der Waals surface area contributed by atoms with Crippen molar-refractivity contribution in [2.75, 3.05) is 13.1 Å². The minimum atomic E-state index is -0.0165. The highest BCUT2D eigenvalue weighted by Gasteiger charge is 2.24. The second kappa shape index (κ2) is 5.15. The van der Waals surface area contributed by atoms with Gasteiger partial charge in [0, 0.05) is 18.2 Å². The van der Waals surface area contributed by atoms with Crippen LogP contribution in [0.2, 0.25) is 0 Å². The Balaban J connectivity index is 2.48. The molecule has 1 aliphatic heterocycles. The molecule has 0 aromatic rings. The SMILES string of the molecule is C=C(C)C(=O)NC1CNCCC1CC. The first-order valence-corrected chi connectivity index (χ1v) is 5.32. The van der Waals surface area contributed by atoms with Gasteiger partial charge in [-0.25, -0.2) is 0 Å². The standard InChI is InChI=1S/C11H20N2O/c1-4-9-5-6-12-7-10(9)13-11(14)8(2)3/h9-10,12H,2,4-7H2,1,3H3,(H,13,14). The second-order valence-electron chi connectivity index (χ2n) is 4.02. The van der Waals surface area contributed by atoms with Gasteiger partial charge >= 0.3 is 0 Å². The number of hydrogen-bond donors (Lipinski definition) is 2. The number of carbonyl (C=O) groups is 1. The van der Waals surface area contributed by atoms with E-state index in [-0.39, 0.29) is 11.9 Å². The van der Waals surface area contributed by atoms with Crippen LogP contribution in [-0.4, -0.2) is 25.0 Å². The molecule has 14 heavy (non-hydrogen) atoms. The van der Waals surface area contributed by atoms with Crippen molar-refractivity contribution in [3.8, 4) is 0 Å². The summed E-state index contributed by atoms with van der Waals surface area (Å²) in [6.45, 7) is 9.51. The van der Waals surface area contributed by atoms with Crippen molar-refractivity contribution in [1.82, 2.24) is 10.6 Å². The molecule has 3 heteroatoms. The zero-order valence-corrected chi connectivity index (χ0v) is 9.10. The number of rotatable bonds is 3. The molecule has 80 valence electrons. The van der Waals surface area contributed by atoms with Gasteiger partial charge in [-0.3, -0.25) is 4.79 Å². The average Bonchev–Trinajstić information content (AvgIpc) is 2.18. The third kappa shape index (κ3) is 2.84. The van der Waals surface area contributed by atoms with E-state index in [0.717, 1.165) is 25.9 Å². The van der Waals surface area contributed by atoms with Crippen molar-refractivity contribution in [3.63, 3.8) is 0 Å². The zero-order chi connectivity index (χ0) is 10.6. The largest absolute Gasteiger partial charge is 0.348 e. The minimum Gasteiger partial charge on any atom is -0.348 e. The van der Waals surface area contributed by atoms with Crippen LogP contribution < -0.4 is 10.6 Å². The maximum Gasteiger partial charge on any atom is 0.246 e. The van der Waals surface area contributed by atoms with Gasteiger partial charge in [0.05, 0.1) is 0 Å². The molecule has 1 amide bonds. The van der Waals surface area contributed by atoms with Crippen LogP contribution in [0.4, 0.5) is 0 Å². The molecule has 2 atom stereocenters. The van der Waals surface area contributed by atoms with Crippen LogP contribution in [0.25, 0.3) is 0 Å². The summed E-state index contributed by atoms with van der Waals surface area (Å²) in [5.74, 6) is 0.594. The predicted octanol–water partition coefficient (Wildman–Crippen LogP) is 1.07. The van der Waals surface area contributed by atoms with Crippen molar-refractivity contribution in [3.05, 3.63) is 12.2 Å². The molecule has 0 bridgehead atoms. The molecule has 1 rings (SSSR count). The molecular weight excluding hydrogens is 176 g/mol. The van der Waals surface area contributed by atoms with Crippen molar-refractivity contribution < 1.29 is 4.79 Å². The summed E-state index contributed by atoms with van der Waals surface area (Å²) in [7, 11) is 0. The van der Waals surface area contributed by atoms with Crippen LogP contribution in [0.5, 0.6) is 0 Å². The van der Waals surface area contributed by atoms with Gasteiger partial charge in [0.15, 0.2) is 0 Å². The third-order valence-electron chi connectivity index (χ3n) is 2.85. The van der Waals surface area contributed by atoms with Gasteiger partial charge in [0.2, 0.25) is 5.91 Å². The van der Waals surface area contributed by atoms with Crippen molar-refractivity contribution in [2.24, 2.45) is 5.92 Å². The van der Waals surface area contributed by atoms with Crippen LogP contribution in [0.15, 0.2) is 12.2 Å². The Morgan fingerprint density at radius 3 is 2.93 bits per heavy atom. The van der Waals surface area contributed by atoms with Crippen LogP contribution in [-0.2, 0) is 4.79 Å². The van der Waals surface area contributed by atoms with Gasteiger partial charge < -0.3 is 10.6 Å². The lowest BCUT2D eigenvalue weighted by Gasteiger charge is -2.32. The van der Waals surface area contributed by atoms with E-state index >= 15 is 0 Å². The van der Waals surface area contributed by atoms with Gasteiger partial charge in [0.1, 0.15) is 0 Å². The van der Waals surface area contributed by atoms with Gasteiger partial charge in [-0.2, -0.15) is 0 Å². The minimum absolute atomic E-state index is 0.0165. The van der Waals surface area contributed by atoms with Gasteiger partial charge in [0.25, 0.3) is 0 Å². The monoisotopic (exact) mass is 196 g/mol. The number of hydrogen-bond acceptors (Lipinski definition) is 2. The molecule has 1 aliphatic rings. The Kier molecular flexibility index (Phi) is 4.14. The quantitative estimate of drug-likeness (QED) is 0.663. The lowest BCUT2D eigenvalue weighted by Crippen LogP contribution is -2.51. The zero-order valence-electron chi connectivity index (χ0n) is 9.10. The van der Waals surface area contributed by atoms with Crippen molar-refractivity contribution >= 4 is 5.91 Å². The highest BCUT2D eigenvalue weighted by Crippen LogP contribution is 2.16. The van der Waals surface area contributed by atoms with Gasteiger partial charge in [-0.05, 0) is 25.8 Å². The van der Waals surface area contributed by atoms with E-state index in [4.69, 9.17) is 0 Å². The molecule has 2 unspecified atom stereocenters. The second-order valence-corrected chi connectivity index (χ2v) is 4.02. The molecule has 2 N–H and O–H groups in total. The fourth-order valence-corrected chi connectivity index (χ4v) is 1.86. The fourth-order valence-electron chi connectivity index (χ4n) is 1.86. The maximum atomic E-state index is 11.4. The summed E-state index contributed by atoms with van der Waals surface area (Å²) in [5, 5.41) is 6.32. The Morgan fingerprint density at radius 2 is 2.36 bits per heavy atom. The van der Waals surface area contributed by atoms with E-state index in [1.54, 1.807) is 6.92 Å². The molecule has 0 saturated carbocycles. The first-order valence-electron chi connectivity index (χ1n) is 5.32. The summed E-state index contributed by atoms with van der Waals surface area (Å²) in [6, 6.07) is 0.276. The summed E-state index contributed by atoms with van der Waals surface area (Å²) in [4.78, 5) is 11.4. The van der Waals surface area contributed by atoms with E-state index in [0.29, 0.717) is 11.5 Å². The van der Waals surface area contributed by atoms with Crippen LogP contribution in [0.1, 0.15) is 26.7 Å². The summed E-state index contributed by atoms with van der Waals surface area (Å²) in [5.41, 5.74) is 0.588. The topological polar surface area (TPSA) is 41.1 Å². The number of nitrogens with one attached hydrogen (secondary N) is 2. The van der Waals surface area contributed by atoms with Crippen molar-refractivity contribution in [1.29, 1.82) is 0 Å². The average molecular weight is 196 g/mol. The molecule has 0 aromatic heterocycles. The van der Waals surface area contributed by atoms with Gasteiger partial charge in [-0.1, -0.05) is 19.9 Å². The highest BCUT2D eigenvalue weighted by molar-refractivity contribution is 5.92. The van der Waals surface area contributed by atoms with Gasteiger partial charge in [-0.15, -0.1) is 0 Å². The molecule has 0 spiro atoms. The van der Waals surface area contributed by atoms with Crippen LogP contribution >= 0.6 is 0 Å². The van der Waals surface area contributed by atoms with Crippen LogP contribution in [0.3, 0.4) is 0 Å². The van der Waals surface area contributed by atoms with Crippen LogP contribution in [0, 0.1) is 5.92 Å². The summed E-state index contributed by atoms with van der Waals surface area (Å²) < 4.78 is 0. The predicted molar refractivity (Wildman–Crippen MR) is 58.0 cm³/mol. The normalized spacial score (nSPS) is 27.0. The van der Waals surface area contributed by atoms with E-state index < -0.39 is 0 Å². The Bertz CT molecular complexity index is 225. The summed E-state index contributed by atoms with van der Waals surface area (Å²) >= 11 is 0. The Labute approximate surface area is 86.0 Å². The molecule has 1 saturated heterocycles.